The molecule has 7 rings (SSSR count). The molecule has 0 aliphatic carbocycles. The Bertz CT molecular complexity index is 1900. The number of pyridine rings is 1. The highest BCUT2D eigenvalue weighted by atomic mass is 35.5. The predicted molar refractivity (Wildman–Crippen MR) is 185 cm³/mol. The molecule has 4 heterocycles. The second-order valence-corrected chi connectivity index (χ2v) is 13.2. The maximum atomic E-state index is 15.4. The summed E-state index contributed by atoms with van der Waals surface area (Å²) in [5, 5.41) is 12.0. The minimum absolute atomic E-state index is 0.0414. The number of anilines is 1. The van der Waals surface area contributed by atoms with Crippen molar-refractivity contribution in [1.82, 2.24) is 4.90 Å². The fourth-order valence-corrected chi connectivity index (χ4v) is 7.14. The van der Waals surface area contributed by atoms with E-state index in [-0.39, 0.29) is 45.3 Å². The van der Waals surface area contributed by atoms with Crippen LogP contribution in [0, 0.1) is 22.8 Å². The van der Waals surface area contributed by atoms with E-state index >= 15 is 8.78 Å². The molecular formula is C37H35Cl2F2N3O7. The monoisotopic (exact) mass is 741 g/mol. The Morgan fingerprint density at radius 1 is 0.961 bits per heavy atom. The van der Waals surface area contributed by atoms with Crippen molar-refractivity contribution < 1.29 is 42.0 Å². The molecule has 0 radical (unpaired) electrons. The van der Waals surface area contributed by atoms with Gasteiger partial charge in [-0.3, -0.25) is 9.80 Å². The second kappa shape index (κ2) is 15.7. The largest absolute Gasteiger partial charge is 0.619 e. The minimum Gasteiger partial charge on any atom is -0.619 e. The van der Waals surface area contributed by atoms with E-state index in [0.717, 1.165) is 49.3 Å². The third-order valence-electron chi connectivity index (χ3n) is 9.30. The quantitative estimate of drug-likeness (QED) is 0.0897. The molecule has 14 heteroatoms. The number of halogens is 4. The molecule has 3 aliphatic heterocycles. The van der Waals surface area contributed by atoms with Crippen molar-refractivity contribution in [2.24, 2.45) is 5.92 Å². The third kappa shape index (κ3) is 8.14. The van der Waals surface area contributed by atoms with E-state index in [1.165, 1.54) is 44.6 Å². The van der Waals surface area contributed by atoms with Crippen molar-refractivity contribution in [3.05, 3.63) is 122 Å². The number of amides is 1. The molecule has 3 aliphatic rings. The number of carbonyl (C=O) groups is 2. The van der Waals surface area contributed by atoms with Gasteiger partial charge in [-0.2, -0.15) is 4.73 Å². The summed E-state index contributed by atoms with van der Waals surface area (Å²) in [6, 6.07) is 14.2. The highest BCUT2D eigenvalue weighted by Crippen LogP contribution is 2.36. The van der Waals surface area contributed by atoms with Crippen LogP contribution in [0.4, 0.5) is 19.3 Å². The number of aromatic nitrogens is 1. The van der Waals surface area contributed by atoms with Crippen LogP contribution in [0.25, 0.3) is 0 Å². The summed E-state index contributed by atoms with van der Waals surface area (Å²) in [5.41, 5.74) is 0.616. The van der Waals surface area contributed by atoms with Crippen LogP contribution in [0.2, 0.25) is 10.0 Å². The standard InChI is InChI=1S/C37H35Cl2F2N3O7/c1-48-32-10-8-23(16-34(32)49-2)33(17-26-27(38)19-43(47)20-28(26)39)50-36(45)24-7-9-29(40)25(15-24)18-44(31-6-4-3-5-30(31)41)37(46)51-35-21-42-13-11-22(35)12-14-42/h3-10,15-16,19-20,22,33,35H,11-14,17-18,21H2,1-2H3/t33-,35-/m0/s1. The molecule has 2 atom stereocenters. The molecular weight excluding hydrogens is 707 g/mol. The first-order chi connectivity index (χ1) is 24.5. The van der Waals surface area contributed by atoms with Crippen LogP contribution >= 0.6 is 23.2 Å². The van der Waals surface area contributed by atoms with Crippen LogP contribution in [0.5, 0.6) is 11.5 Å². The van der Waals surface area contributed by atoms with Crippen molar-refractivity contribution in [2.45, 2.75) is 38.0 Å². The molecule has 3 fully saturated rings. The van der Waals surface area contributed by atoms with Crippen molar-refractivity contribution in [1.29, 1.82) is 0 Å². The fraction of sp³-hybridized carbons (Fsp3) is 0.324. The summed E-state index contributed by atoms with van der Waals surface area (Å²) in [5.74, 6) is -1.28. The molecule has 3 aromatic carbocycles. The summed E-state index contributed by atoms with van der Waals surface area (Å²) in [6.07, 6.45) is 1.78. The van der Waals surface area contributed by atoms with Gasteiger partial charge in [-0.1, -0.05) is 41.4 Å². The van der Waals surface area contributed by atoms with Crippen LogP contribution in [0.3, 0.4) is 0 Å². The van der Waals surface area contributed by atoms with Gasteiger partial charge in [-0.25, -0.2) is 18.4 Å². The van der Waals surface area contributed by atoms with E-state index in [4.69, 9.17) is 42.1 Å². The van der Waals surface area contributed by atoms with E-state index < -0.39 is 36.3 Å². The van der Waals surface area contributed by atoms with Gasteiger partial charge in [0.2, 0.25) is 0 Å². The highest BCUT2D eigenvalue weighted by Gasteiger charge is 2.38. The lowest BCUT2D eigenvalue weighted by atomic mass is 9.86. The van der Waals surface area contributed by atoms with E-state index in [9.17, 15) is 14.8 Å². The first kappa shape index (κ1) is 36.2. The van der Waals surface area contributed by atoms with Gasteiger partial charge in [-0.15, -0.1) is 0 Å². The van der Waals surface area contributed by atoms with Crippen molar-refractivity contribution in [2.75, 3.05) is 38.8 Å². The molecule has 3 saturated heterocycles. The molecule has 0 unspecified atom stereocenters. The average molecular weight is 743 g/mol. The Hall–Kier alpha value is -4.65. The highest BCUT2D eigenvalue weighted by molar-refractivity contribution is 6.35. The molecule has 0 saturated carbocycles. The van der Waals surface area contributed by atoms with Crippen LogP contribution in [0.1, 0.15) is 46.0 Å². The van der Waals surface area contributed by atoms with E-state index in [1.54, 1.807) is 24.3 Å². The lowest BCUT2D eigenvalue weighted by molar-refractivity contribution is -0.605. The van der Waals surface area contributed by atoms with Gasteiger partial charge in [-0.05, 0) is 79.9 Å². The van der Waals surface area contributed by atoms with Crippen LogP contribution in [-0.2, 0) is 22.4 Å². The number of piperidine rings is 3. The smallest absolute Gasteiger partial charge is 0.415 e. The summed E-state index contributed by atoms with van der Waals surface area (Å²) in [7, 11) is 2.94. The number of nitrogens with zero attached hydrogens (tertiary/aromatic N) is 3. The number of benzene rings is 3. The number of ether oxygens (including phenoxy) is 4. The van der Waals surface area contributed by atoms with Gasteiger partial charge in [0, 0.05) is 24.1 Å². The number of methoxy groups -OCH3 is 2. The van der Waals surface area contributed by atoms with E-state index in [1.807, 2.05) is 0 Å². The SMILES string of the molecule is COc1ccc([C@H](Cc2c(Cl)c[n+]([O-])cc2Cl)OC(=O)c2ccc(F)c(CN(C(=O)O[C@H]3CN4CCC3CC4)c3ccccc3F)c2)cc1OC. The summed E-state index contributed by atoms with van der Waals surface area (Å²) < 4.78 is 53.7. The maximum Gasteiger partial charge on any atom is 0.415 e. The number of hydrogen-bond acceptors (Lipinski definition) is 8. The molecule has 268 valence electrons. The van der Waals surface area contributed by atoms with Crippen LogP contribution < -0.4 is 19.1 Å². The van der Waals surface area contributed by atoms with Gasteiger partial charge in [0.05, 0.1) is 32.0 Å². The van der Waals surface area contributed by atoms with Crippen molar-refractivity contribution >= 4 is 41.0 Å². The fourth-order valence-electron chi connectivity index (χ4n) is 6.54. The number of rotatable bonds is 11. The Balaban J connectivity index is 1.29. The van der Waals surface area contributed by atoms with Gasteiger partial charge in [0.15, 0.2) is 23.9 Å². The average Bonchev–Trinajstić information content (AvgIpc) is 3.12. The van der Waals surface area contributed by atoms with E-state index in [2.05, 4.69) is 4.90 Å². The number of esters is 1. The minimum atomic E-state index is -1.02. The van der Waals surface area contributed by atoms with Gasteiger partial charge >= 0.3 is 12.1 Å². The summed E-state index contributed by atoms with van der Waals surface area (Å²) in [4.78, 5) is 30.7. The Labute approximate surface area is 303 Å². The van der Waals surface area contributed by atoms with Crippen molar-refractivity contribution in [3.8, 4) is 11.5 Å². The number of fused-ring (bicyclic) bond motifs is 3. The Morgan fingerprint density at radius 3 is 2.31 bits per heavy atom. The molecule has 51 heavy (non-hydrogen) atoms. The molecule has 10 nitrogen and oxygen atoms in total. The number of carbonyl (C=O) groups excluding carboxylic acids is 2. The predicted octanol–water partition coefficient (Wildman–Crippen LogP) is 7.30. The summed E-state index contributed by atoms with van der Waals surface area (Å²) >= 11 is 12.8. The zero-order valence-corrected chi connectivity index (χ0v) is 29.3. The summed E-state index contributed by atoms with van der Waals surface area (Å²) in [6.45, 7) is 2.01. The number of hydrogen-bond donors (Lipinski definition) is 0. The Morgan fingerprint density at radius 2 is 1.67 bits per heavy atom. The lowest BCUT2D eigenvalue weighted by Crippen LogP contribution is -2.53. The van der Waals surface area contributed by atoms with Gasteiger partial charge in [0.1, 0.15) is 33.9 Å². The normalized spacial score (nSPS) is 18.5. The zero-order valence-electron chi connectivity index (χ0n) is 27.8. The zero-order chi connectivity index (χ0) is 36.2. The van der Waals surface area contributed by atoms with Crippen LogP contribution in [0.15, 0.2) is 73.1 Å². The van der Waals surface area contributed by atoms with Gasteiger partial charge in [0.25, 0.3) is 0 Å². The molecule has 0 N–H and O–H groups in total. The topological polar surface area (TPSA) is 104 Å². The molecule has 1 aromatic heterocycles. The second-order valence-electron chi connectivity index (χ2n) is 12.4. The molecule has 1 amide bonds. The third-order valence-corrected chi connectivity index (χ3v) is 9.95. The first-order valence-corrected chi connectivity index (χ1v) is 17.0. The molecule has 2 bridgehead atoms. The molecule has 0 spiro atoms. The first-order valence-electron chi connectivity index (χ1n) is 16.3. The van der Waals surface area contributed by atoms with Crippen molar-refractivity contribution in [3.63, 3.8) is 0 Å². The Kier molecular flexibility index (Phi) is 11.1. The maximum absolute atomic E-state index is 15.4. The van der Waals surface area contributed by atoms with E-state index in [0.29, 0.717) is 33.9 Å². The number of para-hydroxylation sites is 1. The lowest BCUT2D eigenvalue weighted by Gasteiger charge is -2.44. The van der Waals surface area contributed by atoms with Gasteiger partial charge < -0.3 is 24.2 Å². The van der Waals surface area contributed by atoms with Crippen LogP contribution in [-0.4, -0.2) is 56.9 Å². The molecule has 4 aromatic rings.